The van der Waals surface area contributed by atoms with E-state index in [0.29, 0.717) is 0 Å². The lowest BCUT2D eigenvalue weighted by Gasteiger charge is -2.46. The van der Waals surface area contributed by atoms with E-state index < -0.39 is 42.9 Å². The molecule has 0 amide bonds. The Hall–Kier alpha value is 1.64. The molecule has 0 aliphatic heterocycles. The van der Waals surface area contributed by atoms with Crippen molar-refractivity contribution in [1.82, 2.24) is 0 Å². The van der Waals surface area contributed by atoms with Gasteiger partial charge in [-0.2, -0.15) is 0 Å². The number of hydrogen-bond donors (Lipinski definition) is 0. The van der Waals surface area contributed by atoms with E-state index in [1.807, 2.05) is 0 Å². The summed E-state index contributed by atoms with van der Waals surface area (Å²) < 4.78 is 23.0. The van der Waals surface area contributed by atoms with Crippen LogP contribution < -0.4 is 0 Å². The SMILES string of the molecule is COC1(OC)C2(Cl)CC(C3CC4(Cl)C(Cl)=C(Cl)C3(Cl)C4(OC)OC)C1(Cl)C(Cl)=C2Cl. The van der Waals surface area contributed by atoms with E-state index in [0.717, 1.165) is 0 Å². The minimum absolute atomic E-state index is 0.124. The lowest BCUT2D eigenvalue weighted by molar-refractivity contribution is -0.225. The van der Waals surface area contributed by atoms with Gasteiger partial charge in [0.25, 0.3) is 0 Å². The number of alkyl halides is 4. The first-order valence-electron chi connectivity index (χ1n) is 8.90. The maximum absolute atomic E-state index is 7.22. The average molecular weight is 582 g/mol. The van der Waals surface area contributed by atoms with Crippen molar-refractivity contribution in [3.8, 4) is 0 Å². The molecule has 4 aliphatic rings. The van der Waals surface area contributed by atoms with Crippen molar-refractivity contribution in [1.29, 1.82) is 0 Å². The molecule has 0 aromatic heterocycles. The topological polar surface area (TPSA) is 36.9 Å². The Bertz CT molecular complexity index is 800. The van der Waals surface area contributed by atoms with Crippen molar-refractivity contribution in [2.24, 2.45) is 11.8 Å². The molecule has 0 N–H and O–H groups in total. The van der Waals surface area contributed by atoms with Gasteiger partial charge in [-0.3, -0.25) is 0 Å². The minimum Gasteiger partial charge on any atom is -0.350 e. The molecular formula is C18H18Cl8O4. The second-order valence-corrected chi connectivity index (χ2v) is 11.9. The van der Waals surface area contributed by atoms with Crippen LogP contribution in [0.25, 0.3) is 0 Å². The van der Waals surface area contributed by atoms with Gasteiger partial charge >= 0.3 is 0 Å². The van der Waals surface area contributed by atoms with Crippen LogP contribution in [0.15, 0.2) is 20.1 Å². The highest BCUT2D eigenvalue weighted by Crippen LogP contribution is 2.79. The van der Waals surface area contributed by atoms with Gasteiger partial charge in [0.15, 0.2) is 0 Å². The number of fused-ring (bicyclic) bond motifs is 4. The zero-order valence-corrected chi connectivity index (χ0v) is 22.3. The molecule has 0 aromatic rings. The van der Waals surface area contributed by atoms with E-state index in [1.54, 1.807) is 0 Å². The summed E-state index contributed by atoms with van der Waals surface area (Å²) in [6.07, 6.45) is 0.457. The minimum atomic E-state index is -1.56. The Balaban J connectivity index is 1.94. The summed E-state index contributed by atoms with van der Waals surface area (Å²) in [5.41, 5.74) is 0. The summed E-state index contributed by atoms with van der Waals surface area (Å²) in [7, 11) is 5.72. The van der Waals surface area contributed by atoms with E-state index in [1.165, 1.54) is 28.4 Å². The molecule has 6 atom stereocenters. The Kier molecular flexibility index (Phi) is 5.85. The Morgan fingerprint density at radius 2 is 0.833 bits per heavy atom. The fourth-order valence-corrected chi connectivity index (χ4v) is 10.5. The quantitative estimate of drug-likeness (QED) is 0.281. The molecule has 2 saturated carbocycles. The van der Waals surface area contributed by atoms with Gasteiger partial charge in [-0.05, 0) is 24.7 Å². The molecule has 6 unspecified atom stereocenters. The summed E-state index contributed by atoms with van der Waals surface area (Å²) in [6.45, 7) is 0. The van der Waals surface area contributed by atoms with Crippen molar-refractivity contribution in [2.45, 2.75) is 43.9 Å². The smallest absolute Gasteiger partial charge is 0.217 e. The number of ether oxygens (including phenoxy) is 4. The maximum Gasteiger partial charge on any atom is 0.217 e. The standard InChI is InChI=1S/C18H18Cl8O4/c1-27-17(28-2)13(23)5-7(15(17,25)11(21)9(13)19)8-6-14(24)10(20)12(22)16(8,26)18(14,29-3)30-4/h7-8H,5-6H2,1-4H3. The predicted octanol–water partition coefficient (Wildman–Crippen LogP) is 6.32. The molecule has 170 valence electrons. The van der Waals surface area contributed by atoms with E-state index in [4.69, 9.17) is 112 Å². The monoisotopic (exact) mass is 578 g/mol. The zero-order valence-electron chi connectivity index (χ0n) is 16.2. The van der Waals surface area contributed by atoms with Crippen LogP contribution in [0.4, 0.5) is 0 Å². The summed E-state index contributed by atoms with van der Waals surface area (Å²) in [4.78, 5) is -5.64. The fourth-order valence-electron chi connectivity index (χ4n) is 6.22. The van der Waals surface area contributed by atoms with Gasteiger partial charge in [-0.1, -0.05) is 46.4 Å². The molecule has 0 spiro atoms. The lowest BCUT2D eigenvalue weighted by atomic mass is 9.73. The number of rotatable bonds is 5. The molecule has 4 nitrogen and oxygen atoms in total. The van der Waals surface area contributed by atoms with Gasteiger partial charge in [0.05, 0.1) is 20.1 Å². The third-order valence-corrected chi connectivity index (χ3v) is 12.6. The van der Waals surface area contributed by atoms with Gasteiger partial charge in [0.2, 0.25) is 11.6 Å². The Morgan fingerprint density at radius 3 is 1.03 bits per heavy atom. The van der Waals surface area contributed by atoms with Crippen LogP contribution in [0.3, 0.4) is 0 Å². The number of halogens is 8. The van der Waals surface area contributed by atoms with E-state index in [9.17, 15) is 0 Å². The van der Waals surface area contributed by atoms with E-state index in [-0.39, 0.29) is 33.0 Å². The van der Waals surface area contributed by atoms with Crippen LogP contribution >= 0.6 is 92.8 Å². The summed E-state index contributed by atoms with van der Waals surface area (Å²) in [6, 6.07) is 0. The molecule has 4 bridgehead atoms. The molecule has 0 aromatic carbocycles. The third-order valence-electron chi connectivity index (χ3n) is 7.38. The fraction of sp³-hybridized carbons (Fsp3) is 0.778. The first-order chi connectivity index (χ1) is 13.8. The molecule has 12 heteroatoms. The first-order valence-corrected chi connectivity index (χ1v) is 11.9. The maximum atomic E-state index is 7.22. The first kappa shape index (κ1) is 24.8. The Labute approximate surface area is 214 Å². The highest BCUT2D eigenvalue weighted by molar-refractivity contribution is 6.53. The van der Waals surface area contributed by atoms with Gasteiger partial charge < -0.3 is 18.9 Å². The van der Waals surface area contributed by atoms with Crippen molar-refractivity contribution >= 4 is 92.8 Å². The van der Waals surface area contributed by atoms with Gasteiger partial charge in [0, 0.05) is 28.4 Å². The molecule has 0 radical (unpaired) electrons. The summed E-state index contributed by atoms with van der Waals surface area (Å²) >= 11 is 54.8. The van der Waals surface area contributed by atoms with Crippen molar-refractivity contribution in [3.63, 3.8) is 0 Å². The predicted molar refractivity (Wildman–Crippen MR) is 122 cm³/mol. The van der Waals surface area contributed by atoms with Crippen LogP contribution in [0.1, 0.15) is 12.8 Å². The van der Waals surface area contributed by atoms with Gasteiger partial charge in [0.1, 0.15) is 19.5 Å². The van der Waals surface area contributed by atoms with Gasteiger partial charge in [-0.15, -0.1) is 46.4 Å². The van der Waals surface area contributed by atoms with E-state index >= 15 is 0 Å². The highest BCUT2D eigenvalue weighted by Gasteiger charge is 2.88. The molecule has 30 heavy (non-hydrogen) atoms. The zero-order chi connectivity index (χ0) is 22.7. The second-order valence-electron chi connectivity index (χ2n) is 7.95. The van der Waals surface area contributed by atoms with Crippen molar-refractivity contribution < 1.29 is 18.9 Å². The number of methoxy groups -OCH3 is 4. The van der Waals surface area contributed by atoms with Crippen LogP contribution in [-0.2, 0) is 18.9 Å². The van der Waals surface area contributed by atoms with Crippen molar-refractivity contribution in [3.05, 3.63) is 20.1 Å². The van der Waals surface area contributed by atoms with Crippen LogP contribution in [0.2, 0.25) is 0 Å². The highest BCUT2D eigenvalue weighted by atomic mass is 35.5. The molecular weight excluding hydrogens is 564 g/mol. The van der Waals surface area contributed by atoms with Crippen LogP contribution in [0.5, 0.6) is 0 Å². The van der Waals surface area contributed by atoms with Crippen LogP contribution in [-0.4, -0.2) is 59.5 Å². The normalized spacial score (nSPS) is 48.4. The van der Waals surface area contributed by atoms with E-state index in [2.05, 4.69) is 0 Å². The van der Waals surface area contributed by atoms with Gasteiger partial charge in [-0.25, -0.2) is 0 Å². The number of hydrogen-bond acceptors (Lipinski definition) is 4. The lowest BCUT2D eigenvalue weighted by Crippen LogP contribution is -2.60. The summed E-state index contributed by atoms with van der Waals surface area (Å²) in [5, 5.41) is 0.577. The molecule has 4 aliphatic carbocycles. The summed E-state index contributed by atoms with van der Waals surface area (Å²) in [5.74, 6) is -4.18. The van der Waals surface area contributed by atoms with Crippen molar-refractivity contribution in [2.75, 3.05) is 28.4 Å². The largest absolute Gasteiger partial charge is 0.350 e. The molecule has 0 heterocycles. The molecule has 4 rings (SSSR count). The average Bonchev–Trinajstić information content (AvgIpc) is 3.16. The van der Waals surface area contributed by atoms with Crippen LogP contribution in [0, 0.1) is 11.8 Å². The second kappa shape index (κ2) is 7.08. The molecule has 2 fully saturated rings. The Morgan fingerprint density at radius 1 is 0.567 bits per heavy atom. The molecule has 0 saturated heterocycles. The third kappa shape index (κ3) is 2.10.